The molecule has 2 aromatic rings. The lowest BCUT2D eigenvalue weighted by atomic mass is 10.2. The molecular formula is C10H10NO. The van der Waals surface area contributed by atoms with E-state index >= 15 is 0 Å². The van der Waals surface area contributed by atoms with Crippen LogP contribution in [0.4, 0.5) is 0 Å². The first-order chi connectivity index (χ1) is 5.90. The van der Waals surface area contributed by atoms with E-state index in [1.165, 1.54) is 5.39 Å². The van der Waals surface area contributed by atoms with Gasteiger partial charge in [-0.15, -0.1) is 0 Å². The highest BCUT2D eigenvalue weighted by molar-refractivity contribution is 5.80. The number of aromatic nitrogens is 1. The summed E-state index contributed by atoms with van der Waals surface area (Å²) in [4.78, 5) is 3.21. The van der Waals surface area contributed by atoms with E-state index in [0.717, 1.165) is 17.8 Å². The average molecular weight is 160 g/mol. The largest absolute Gasteiger partial charge is 0.390 e. The van der Waals surface area contributed by atoms with Gasteiger partial charge in [0.2, 0.25) is 0 Å². The number of nitrogens with one attached hydrogen (secondary N) is 1. The Labute approximate surface area is 70.8 Å². The summed E-state index contributed by atoms with van der Waals surface area (Å²) in [6, 6.07) is 10.1. The molecule has 0 aliphatic rings. The van der Waals surface area contributed by atoms with Crippen molar-refractivity contribution in [1.82, 2.24) is 4.98 Å². The van der Waals surface area contributed by atoms with Crippen molar-refractivity contribution < 1.29 is 5.11 Å². The van der Waals surface area contributed by atoms with E-state index in [-0.39, 0.29) is 0 Å². The zero-order valence-electron chi connectivity index (χ0n) is 6.62. The Kier molecular flexibility index (Phi) is 1.84. The van der Waals surface area contributed by atoms with Crippen molar-refractivity contribution in [2.24, 2.45) is 0 Å². The molecule has 0 bridgehead atoms. The van der Waals surface area contributed by atoms with Gasteiger partial charge in [0.25, 0.3) is 0 Å². The van der Waals surface area contributed by atoms with Crippen LogP contribution in [0.1, 0.15) is 5.69 Å². The number of aliphatic hydroxyl groups excluding tert-OH is 1. The summed E-state index contributed by atoms with van der Waals surface area (Å²) < 4.78 is 0. The number of para-hydroxylation sites is 1. The molecule has 12 heavy (non-hydrogen) atoms. The molecule has 61 valence electrons. The number of aliphatic hydroxyl groups is 1. The Balaban J connectivity index is 2.47. The van der Waals surface area contributed by atoms with Crippen LogP contribution < -0.4 is 0 Å². The molecule has 2 rings (SSSR count). The number of hydrogen-bond acceptors (Lipinski definition) is 1. The zero-order chi connectivity index (χ0) is 8.39. The lowest BCUT2D eigenvalue weighted by molar-refractivity contribution is 0.384. The lowest BCUT2D eigenvalue weighted by Crippen LogP contribution is -1.82. The van der Waals surface area contributed by atoms with Gasteiger partial charge in [0.15, 0.2) is 0 Å². The fourth-order valence-electron chi connectivity index (χ4n) is 1.34. The van der Waals surface area contributed by atoms with Gasteiger partial charge in [0.05, 0.1) is 6.61 Å². The van der Waals surface area contributed by atoms with E-state index < -0.39 is 0 Å². The third-order valence-corrected chi connectivity index (χ3v) is 1.90. The molecule has 2 N–H and O–H groups in total. The molecule has 2 heteroatoms. The van der Waals surface area contributed by atoms with Crippen LogP contribution in [0.15, 0.2) is 30.3 Å². The van der Waals surface area contributed by atoms with E-state index in [4.69, 9.17) is 5.11 Å². The smallest absolute Gasteiger partial charge is 0.0857 e. The number of hydrogen-bond donors (Lipinski definition) is 2. The van der Waals surface area contributed by atoms with Crippen LogP contribution >= 0.6 is 0 Å². The summed E-state index contributed by atoms with van der Waals surface area (Å²) in [6.07, 6.45) is 0.578. The molecule has 0 fully saturated rings. The van der Waals surface area contributed by atoms with Gasteiger partial charge in [-0.1, -0.05) is 18.2 Å². The van der Waals surface area contributed by atoms with Gasteiger partial charge >= 0.3 is 0 Å². The SMILES string of the molecule is O[CH]Cc1cc2ccccc2[nH]1. The lowest BCUT2D eigenvalue weighted by Gasteiger charge is -1.88. The number of rotatable bonds is 2. The van der Waals surface area contributed by atoms with Crippen molar-refractivity contribution in [3.63, 3.8) is 0 Å². The van der Waals surface area contributed by atoms with Crippen molar-refractivity contribution in [2.75, 3.05) is 0 Å². The molecule has 1 aromatic heterocycles. The van der Waals surface area contributed by atoms with E-state index in [0.29, 0.717) is 6.42 Å². The first-order valence-electron chi connectivity index (χ1n) is 3.92. The molecule has 0 saturated carbocycles. The van der Waals surface area contributed by atoms with Gasteiger partial charge in [-0.25, -0.2) is 0 Å². The number of benzene rings is 1. The Bertz CT molecular complexity index is 345. The second kappa shape index (κ2) is 2.99. The number of H-pyrrole nitrogens is 1. The summed E-state index contributed by atoms with van der Waals surface area (Å²) in [6.45, 7) is 1.16. The topological polar surface area (TPSA) is 36.0 Å². The van der Waals surface area contributed by atoms with Gasteiger partial charge in [-0.2, -0.15) is 0 Å². The summed E-state index contributed by atoms with van der Waals surface area (Å²) in [5, 5.41) is 9.79. The second-order valence-corrected chi connectivity index (χ2v) is 2.77. The van der Waals surface area contributed by atoms with Crippen molar-refractivity contribution >= 4 is 10.9 Å². The Morgan fingerprint density at radius 2 is 2.17 bits per heavy atom. The van der Waals surface area contributed by atoms with Gasteiger partial charge < -0.3 is 10.1 Å². The highest BCUT2D eigenvalue weighted by Gasteiger charge is 1.97. The van der Waals surface area contributed by atoms with E-state index in [1.807, 2.05) is 30.3 Å². The molecule has 0 aliphatic heterocycles. The van der Waals surface area contributed by atoms with Crippen LogP contribution in [0.2, 0.25) is 0 Å². The Hall–Kier alpha value is -1.28. The molecule has 0 saturated heterocycles. The molecule has 1 aromatic carbocycles. The predicted molar refractivity (Wildman–Crippen MR) is 48.2 cm³/mol. The average Bonchev–Trinajstić information content (AvgIpc) is 2.47. The van der Waals surface area contributed by atoms with Gasteiger partial charge in [0.1, 0.15) is 0 Å². The predicted octanol–water partition coefficient (Wildman–Crippen LogP) is 2.24. The molecule has 1 heterocycles. The van der Waals surface area contributed by atoms with Crippen molar-refractivity contribution in [1.29, 1.82) is 0 Å². The number of fused-ring (bicyclic) bond motifs is 1. The Morgan fingerprint density at radius 3 is 2.92 bits per heavy atom. The standard InChI is InChI=1S/C10H10NO/c12-6-5-9-7-8-3-1-2-4-10(8)11-9/h1-4,6-7,11-12H,5H2. The van der Waals surface area contributed by atoms with Crippen molar-refractivity contribution in [3.8, 4) is 0 Å². The molecule has 0 spiro atoms. The first-order valence-corrected chi connectivity index (χ1v) is 3.92. The van der Waals surface area contributed by atoms with Gasteiger partial charge in [-0.05, 0) is 17.5 Å². The minimum Gasteiger partial charge on any atom is -0.390 e. The maximum absolute atomic E-state index is 8.60. The zero-order valence-corrected chi connectivity index (χ0v) is 6.62. The van der Waals surface area contributed by atoms with Gasteiger partial charge in [-0.3, -0.25) is 0 Å². The van der Waals surface area contributed by atoms with Crippen molar-refractivity contribution in [3.05, 3.63) is 42.6 Å². The second-order valence-electron chi connectivity index (χ2n) is 2.77. The highest BCUT2D eigenvalue weighted by atomic mass is 16.3. The monoisotopic (exact) mass is 160 g/mol. The summed E-state index contributed by atoms with van der Waals surface area (Å²) in [5.41, 5.74) is 2.16. The van der Waals surface area contributed by atoms with Crippen LogP contribution in [0.3, 0.4) is 0 Å². The normalized spacial score (nSPS) is 10.8. The maximum Gasteiger partial charge on any atom is 0.0857 e. The van der Waals surface area contributed by atoms with E-state index in [1.54, 1.807) is 0 Å². The Morgan fingerprint density at radius 1 is 1.33 bits per heavy atom. The fraction of sp³-hybridized carbons (Fsp3) is 0.100. The summed E-state index contributed by atoms with van der Waals surface area (Å²) in [5.74, 6) is 0. The molecule has 0 unspecified atom stereocenters. The number of aromatic amines is 1. The first kappa shape index (κ1) is 7.37. The quantitative estimate of drug-likeness (QED) is 0.694. The van der Waals surface area contributed by atoms with Crippen LogP contribution in [0.5, 0.6) is 0 Å². The highest BCUT2D eigenvalue weighted by Crippen LogP contribution is 2.14. The van der Waals surface area contributed by atoms with Crippen molar-refractivity contribution in [2.45, 2.75) is 6.42 Å². The minimum absolute atomic E-state index is 0.578. The van der Waals surface area contributed by atoms with E-state index in [9.17, 15) is 0 Å². The molecule has 1 radical (unpaired) electrons. The third-order valence-electron chi connectivity index (χ3n) is 1.90. The van der Waals surface area contributed by atoms with E-state index in [2.05, 4.69) is 4.98 Å². The fourth-order valence-corrected chi connectivity index (χ4v) is 1.34. The molecular weight excluding hydrogens is 150 g/mol. The summed E-state index contributed by atoms with van der Waals surface area (Å²) >= 11 is 0. The molecule has 0 aliphatic carbocycles. The van der Waals surface area contributed by atoms with Crippen LogP contribution in [0, 0.1) is 6.61 Å². The maximum atomic E-state index is 8.60. The van der Waals surface area contributed by atoms with Crippen LogP contribution in [0.25, 0.3) is 10.9 Å². The molecule has 0 atom stereocenters. The summed E-state index contributed by atoms with van der Waals surface area (Å²) in [7, 11) is 0. The molecule has 2 nitrogen and oxygen atoms in total. The minimum atomic E-state index is 0.578. The van der Waals surface area contributed by atoms with Crippen LogP contribution in [-0.2, 0) is 6.42 Å². The third kappa shape index (κ3) is 1.21. The van der Waals surface area contributed by atoms with Crippen LogP contribution in [-0.4, -0.2) is 10.1 Å². The van der Waals surface area contributed by atoms with Gasteiger partial charge in [0, 0.05) is 17.6 Å². The molecule has 0 amide bonds.